The van der Waals surface area contributed by atoms with E-state index in [9.17, 15) is 13.2 Å². The van der Waals surface area contributed by atoms with E-state index < -0.39 is 10.0 Å². The first-order valence-electron chi connectivity index (χ1n) is 7.96. The molecule has 1 saturated heterocycles. The molecule has 0 bridgehead atoms. The summed E-state index contributed by atoms with van der Waals surface area (Å²) in [6, 6.07) is 1.57. The minimum atomic E-state index is -3.71. The number of amides is 1. The first-order chi connectivity index (χ1) is 11.8. The smallest absolute Gasteiger partial charge is 0.276 e. The third kappa shape index (κ3) is 3.31. The van der Waals surface area contributed by atoms with Crippen LogP contribution in [0.3, 0.4) is 0 Å². The van der Waals surface area contributed by atoms with Gasteiger partial charge in [0.2, 0.25) is 10.0 Å². The highest BCUT2D eigenvalue weighted by Gasteiger charge is 2.33. The van der Waals surface area contributed by atoms with Gasteiger partial charge in [-0.15, -0.1) is 0 Å². The maximum Gasteiger partial charge on any atom is 0.276 e. The molecule has 2 aromatic rings. The zero-order valence-corrected chi connectivity index (χ0v) is 15.2. The van der Waals surface area contributed by atoms with Crippen molar-refractivity contribution in [3.8, 4) is 0 Å². The van der Waals surface area contributed by atoms with Crippen molar-refractivity contribution in [1.29, 1.82) is 0 Å². The Kier molecular flexibility index (Phi) is 4.65. The first kappa shape index (κ1) is 17.6. The van der Waals surface area contributed by atoms with E-state index in [1.54, 1.807) is 31.7 Å². The summed E-state index contributed by atoms with van der Waals surface area (Å²) < 4.78 is 37.1. The molecule has 1 aliphatic rings. The number of hydrogen-bond acceptors (Lipinski definition) is 7. The molecular formula is C15H20N4O5S. The number of aryl methyl sites for hydroxylation is 3. The maximum absolute atomic E-state index is 12.9. The van der Waals surface area contributed by atoms with Gasteiger partial charge < -0.3 is 13.9 Å². The molecule has 0 spiro atoms. The Labute approximate surface area is 145 Å². The predicted octanol–water partition coefficient (Wildman–Crippen LogP) is 1.12. The molecule has 10 heteroatoms. The molecule has 0 radical (unpaired) electrons. The summed E-state index contributed by atoms with van der Waals surface area (Å²) >= 11 is 0. The largest absolute Gasteiger partial charge is 0.361 e. The lowest BCUT2D eigenvalue weighted by atomic mass is 10.3. The van der Waals surface area contributed by atoms with Crippen LogP contribution in [0.1, 0.15) is 34.1 Å². The molecule has 9 nitrogen and oxygen atoms in total. The second kappa shape index (κ2) is 6.60. The van der Waals surface area contributed by atoms with Gasteiger partial charge in [0.1, 0.15) is 16.3 Å². The van der Waals surface area contributed by atoms with Gasteiger partial charge in [0.05, 0.1) is 0 Å². The molecule has 25 heavy (non-hydrogen) atoms. The normalized spacial score (nSPS) is 16.8. The van der Waals surface area contributed by atoms with Crippen LogP contribution in [-0.2, 0) is 10.0 Å². The van der Waals surface area contributed by atoms with E-state index in [0.717, 1.165) is 0 Å². The Morgan fingerprint density at radius 1 is 1.08 bits per heavy atom. The Morgan fingerprint density at radius 3 is 2.44 bits per heavy atom. The minimum Gasteiger partial charge on any atom is -0.361 e. The van der Waals surface area contributed by atoms with Crippen molar-refractivity contribution in [2.45, 2.75) is 32.1 Å². The van der Waals surface area contributed by atoms with Crippen molar-refractivity contribution in [2.75, 3.05) is 26.2 Å². The van der Waals surface area contributed by atoms with E-state index in [0.29, 0.717) is 31.0 Å². The summed E-state index contributed by atoms with van der Waals surface area (Å²) in [5, 5.41) is 7.46. The lowest BCUT2D eigenvalue weighted by molar-refractivity contribution is 0.0753. The highest BCUT2D eigenvalue weighted by atomic mass is 32.2. The summed E-state index contributed by atoms with van der Waals surface area (Å²) in [5.74, 6) is 0.571. The zero-order valence-electron chi connectivity index (χ0n) is 14.4. The van der Waals surface area contributed by atoms with Crippen LogP contribution < -0.4 is 0 Å². The molecule has 2 aromatic heterocycles. The van der Waals surface area contributed by atoms with Crippen LogP contribution >= 0.6 is 0 Å². The van der Waals surface area contributed by atoms with Gasteiger partial charge in [-0.05, 0) is 27.2 Å². The molecular weight excluding hydrogens is 348 g/mol. The summed E-state index contributed by atoms with van der Waals surface area (Å²) in [6.07, 6.45) is 0.533. The number of hydrogen-bond donors (Lipinski definition) is 0. The van der Waals surface area contributed by atoms with Gasteiger partial charge in [-0.3, -0.25) is 4.79 Å². The highest BCUT2D eigenvalue weighted by Crippen LogP contribution is 2.24. The quantitative estimate of drug-likeness (QED) is 0.798. The molecule has 0 aromatic carbocycles. The third-order valence-electron chi connectivity index (χ3n) is 4.15. The summed E-state index contributed by atoms with van der Waals surface area (Å²) in [4.78, 5) is 14.2. The van der Waals surface area contributed by atoms with Crippen molar-refractivity contribution in [2.24, 2.45) is 0 Å². The number of nitrogens with zero attached hydrogens (tertiary/aromatic N) is 4. The lowest BCUT2D eigenvalue weighted by Gasteiger charge is -2.21. The van der Waals surface area contributed by atoms with E-state index in [1.807, 2.05) is 0 Å². The van der Waals surface area contributed by atoms with Crippen LogP contribution in [0.5, 0.6) is 0 Å². The zero-order chi connectivity index (χ0) is 18.2. The monoisotopic (exact) mass is 368 g/mol. The average molecular weight is 368 g/mol. The molecule has 1 aliphatic heterocycles. The molecule has 3 rings (SSSR count). The molecule has 1 amide bonds. The standard InChI is InChI=1S/C15H20N4O5S/c1-10-9-13(17-23-10)15(20)18-5-4-6-19(8-7-18)25(21,22)14-11(2)16-24-12(14)3/h9H,4-8H2,1-3H3. The van der Waals surface area contributed by atoms with E-state index in [2.05, 4.69) is 10.3 Å². The number of rotatable bonds is 3. The van der Waals surface area contributed by atoms with Crippen LogP contribution in [0, 0.1) is 20.8 Å². The fourth-order valence-electron chi connectivity index (χ4n) is 2.94. The van der Waals surface area contributed by atoms with Crippen molar-refractivity contribution < 1.29 is 22.3 Å². The van der Waals surface area contributed by atoms with Gasteiger partial charge in [0.15, 0.2) is 11.5 Å². The topological polar surface area (TPSA) is 110 Å². The Bertz CT molecular complexity index is 866. The van der Waals surface area contributed by atoms with Crippen molar-refractivity contribution in [1.82, 2.24) is 19.5 Å². The lowest BCUT2D eigenvalue weighted by Crippen LogP contribution is -2.37. The molecule has 0 aliphatic carbocycles. The van der Waals surface area contributed by atoms with Gasteiger partial charge in [-0.2, -0.15) is 4.31 Å². The van der Waals surface area contributed by atoms with Crippen LogP contribution in [0.15, 0.2) is 20.0 Å². The highest BCUT2D eigenvalue weighted by molar-refractivity contribution is 7.89. The molecule has 0 atom stereocenters. The minimum absolute atomic E-state index is 0.111. The van der Waals surface area contributed by atoms with E-state index >= 15 is 0 Å². The van der Waals surface area contributed by atoms with Crippen LogP contribution in [0.2, 0.25) is 0 Å². The van der Waals surface area contributed by atoms with Gasteiger partial charge >= 0.3 is 0 Å². The summed E-state index contributed by atoms with van der Waals surface area (Å²) in [6.45, 7) is 6.16. The van der Waals surface area contributed by atoms with Crippen LogP contribution in [0.4, 0.5) is 0 Å². The number of carbonyl (C=O) groups excluding carboxylic acids is 1. The Morgan fingerprint density at radius 2 is 1.84 bits per heavy atom. The SMILES string of the molecule is Cc1cc(C(=O)N2CCCN(S(=O)(=O)c3c(C)noc3C)CC2)no1. The fraction of sp³-hybridized carbons (Fsp3) is 0.533. The second-order valence-electron chi connectivity index (χ2n) is 6.03. The molecule has 3 heterocycles. The first-order valence-corrected chi connectivity index (χ1v) is 9.40. The van der Waals surface area contributed by atoms with Crippen LogP contribution in [0.25, 0.3) is 0 Å². The van der Waals surface area contributed by atoms with Crippen LogP contribution in [-0.4, -0.2) is 60.0 Å². The molecule has 0 unspecified atom stereocenters. The number of carbonyl (C=O) groups is 1. The van der Waals surface area contributed by atoms with E-state index in [1.165, 1.54) is 4.31 Å². The fourth-order valence-corrected chi connectivity index (χ4v) is 4.70. The Hall–Kier alpha value is -2.20. The van der Waals surface area contributed by atoms with Gasteiger partial charge in [-0.1, -0.05) is 10.3 Å². The van der Waals surface area contributed by atoms with Gasteiger partial charge in [-0.25, -0.2) is 8.42 Å². The Balaban J connectivity index is 1.76. The van der Waals surface area contributed by atoms with Crippen molar-refractivity contribution in [3.63, 3.8) is 0 Å². The van der Waals surface area contributed by atoms with Crippen molar-refractivity contribution in [3.05, 3.63) is 29.0 Å². The maximum atomic E-state index is 12.9. The summed E-state index contributed by atoms with van der Waals surface area (Å²) in [7, 11) is -3.71. The number of aromatic nitrogens is 2. The molecule has 1 fully saturated rings. The average Bonchev–Trinajstić information content (AvgIpc) is 3.03. The molecule has 0 N–H and O–H groups in total. The predicted molar refractivity (Wildman–Crippen MR) is 86.5 cm³/mol. The molecule has 136 valence electrons. The number of sulfonamides is 1. The van der Waals surface area contributed by atoms with Gasteiger partial charge in [0, 0.05) is 32.2 Å². The van der Waals surface area contributed by atoms with E-state index in [4.69, 9.17) is 9.05 Å². The van der Waals surface area contributed by atoms with E-state index in [-0.39, 0.29) is 35.3 Å². The van der Waals surface area contributed by atoms with Crippen molar-refractivity contribution >= 4 is 15.9 Å². The second-order valence-corrected chi connectivity index (χ2v) is 7.90. The summed E-state index contributed by atoms with van der Waals surface area (Å²) in [5.41, 5.74) is 0.576. The van der Waals surface area contributed by atoms with Gasteiger partial charge in [0.25, 0.3) is 5.91 Å². The third-order valence-corrected chi connectivity index (χ3v) is 6.30. The molecule has 0 saturated carbocycles.